The van der Waals surface area contributed by atoms with Gasteiger partial charge in [0.25, 0.3) is 0 Å². The van der Waals surface area contributed by atoms with E-state index in [4.69, 9.17) is 4.42 Å². The smallest absolute Gasteiger partial charge is 0.416 e. The van der Waals surface area contributed by atoms with Gasteiger partial charge >= 0.3 is 6.18 Å². The molecule has 1 aliphatic heterocycles. The van der Waals surface area contributed by atoms with E-state index in [1.54, 1.807) is 12.1 Å². The van der Waals surface area contributed by atoms with Crippen molar-refractivity contribution in [1.29, 1.82) is 0 Å². The van der Waals surface area contributed by atoms with E-state index in [1.165, 1.54) is 18.4 Å². The molecule has 1 aromatic heterocycles. The highest BCUT2D eigenvalue weighted by molar-refractivity contribution is 7.91. The zero-order valence-electron chi connectivity index (χ0n) is 15.3. The molecular formula is C18H20F3NO5S2. The number of furan rings is 1. The van der Waals surface area contributed by atoms with Crippen molar-refractivity contribution in [3.63, 3.8) is 0 Å². The highest BCUT2D eigenvalue weighted by Gasteiger charge is 2.35. The molecule has 0 spiro atoms. The van der Waals surface area contributed by atoms with Crippen LogP contribution < -0.4 is 0 Å². The highest BCUT2D eigenvalue weighted by Crippen LogP contribution is 2.30. The van der Waals surface area contributed by atoms with Gasteiger partial charge in [0.1, 0.15) is 11.5 Å². The molecule has 29 heavy (non-hydrogen) atoms. The van der Waals surface area contributed by atoms with E-state index in [2.05, 4.69) is 0 Å². The number of hydrogen-bond donors (Lipinski definition) is 0. The monoisotopic (exact) mass is 451 g/mol. The fraction of sp³-hybridized carbons (Fsp3) is 0.444. The lowest BCUT2D eigenvalue weighted by Crippen LogP contribution is -2.43. The lowest BCUT2D eigenvalue weighted by molar-refractivity contribution is -0.137. The molecule has 6 nitrogen and oxygen atoms in total. The van der Waals surface area contributed by atoms with Crippen molar-refractivity contribution < 1.29 is 34.4 Å². The molecule has 1 saturated heterocycles. The maximum atomic E-state index is 12.8. The molecule has 11 heteroatoms. The minimum Gasteiger partial charge on any atom is -0.468 e. The Hall–Kier alpha value is -1.85. The zero-order valence-corrected chi connectivity index (χ0v) is 16.9. The Labute approximate surface area is 167 Å². The summed E-state index contributed by atoms with van der Waals surface area (Å²) >= 11 is 0. The van der Waals surface area contributed by atoms with Crippen LogP contribution in [0.5, 0.6) is 0 Å². The average molecular weight is 451 g/mol. The summed E-state index contributed by atoms with van der Waals surface area (Å²) in [5.74, 6) is -0.493. The van der Waals surface area contributed by atoms with E-state index in [9.17, 15) is 30.0 Å². The second-order valence-corrected chi connectivity index (χ2v) is 11.2. The van der Waals surface area contributed by atoms with Crippen molar-refractivity contribution in [2.45, 2.75) is 35.8 Å². The van der Waals surface area contributed by atoms with Crippen LogP contribution in [0.25, 0.3) is 0 Å². The van der Waals surface area contributed by atoms with Gasteiger partial charge in [-0.05, 0) is 36.6 Å². The van der Waals surface area contributed by atoms with Gasteiger partial charge in [0.15, 0.2) is 9.84 Å². The molecular weight excluding hydrogens is 431 g/mol. The summed E-state index contributed by atoms with van der Waals surface area (Å²) in [5.41, 5.74) is -0.875. The highest BCUT2D eigenvalue weighted by atomic mass is 32.2. The van der Waals surface area contributed by atoms with Crippen LogP contribution in [-0.2, 0) is 37.5 Å². The maximum Gasteiger partial charge on any atom is 0.416 e. The van der Waals surface area contributed by atoms with Crippen LogP contribution in [0.2, 0.25) is 0 Å². The van der Waals surface area contributed by atoms with Gasteiger partial charge in [0.05, 0.1) is 22.8 Å². The number of nitrogens with zero attached hydrogens (tertiary/aromatic N) is 1. The third-order valence-corrected chi connectivity index (χ3v) is 8.85. The molecule has 0 saturated carbocycles. The largest absolute Gasteiger partial charge is 0.468 e. The summed E-state index contributed by atoms with van der Waals surface area (Å²) < 4.78 is 94.9. The second-order valence-electron chi connectivity index (χ2n) is 6.94. The number of halogens is 3. The van der Waals surface area contributed by atoms with Crippen LogP contribution in [0.4, 0.5) is 13.2 Å². The normalized spacial score (nSPS) is 17.5. The van der Waals surface area contributed by atoms with Gasteiger partial charge in [-0.2, -0.15) is 13.2 Å². The number of sulfone groups is 1. The van der Waals surface area contributed by atoms with Gasteiger partial charge in [-0.1, -0.05) is 18.2 Å². The summed E-state index contributed by atoms with van der Waals surface area (Å²) in [6.07, 6.45) is -2.91. The molecule has 2 heterocycles. The van der Waals surface area contributed by atoms with Crippen LogP contribution in [0.3, 0.4) is 0 Å². The molecule has 1 aliphatic rings. The third kappa shape index (κ3) is 5.40. The van der Waals surface area contributed by atoms with Crippen molar-refractivity contribution in [2.24, 2.45) is 0 Å². The average Bonchev–Trinajstić information content (AvgIpc) is 3.13. The Kier molecular flexibility index (Phi) is 6.11. The quantitative estimate of drug-likeness (QED) is 0.673. The van der Waals surface area contributed by atoms with Crippen LogP contribution in [0.15, 0.2) is 47.1 Å². The van der Waals surface area contributed by atoms with Crippen LogP contribution in [0, 0.1) is 0 Å². The number of hydrogen-bond acceptors (Lipinski definition) is 5. The minimum atomic E-state index is -4.56. The SMILES string of the molecule is O=S(=O)(Cc1ccco1)C1CCN(S(=O)(=O)Cc2cccc(C(F)(F)F)c2)CC1. The Morgan fingerprint density at radius 2 is 1.69 bits per heavy atom. The van der Waals surface area contributed by atoms with Gasteiger partial charge in [0.2, 0.25) is 10.0 Å². The summed E-state index contributed by atoms with van der Waals surface area (Å²) in [4.78, 5) is 0. The first-order valence-corrected chi connectivity index (χ1v) is 12.2. The van der Waals surface area contributed by atoms with E-state index in [0.29, 0.717) is 5.76 Å². The van der Waals surface area contributed by atoms with E-state index in [-0.39, 0.29) is 37.2 Å². The van der Waals surface area contributed by atoms with Gasteiger partial charge < -0.3 is 4.42 Å². The van der Waals surface area contributed by atoms with Crippen molar-refractivity contribution in [1.82, 2.24) is 4.31 Å². The molecule has 0 bridgehead atoms. The molecule has 160 valence electrons. The van der Waals surface area contributed by atoms with Crippen molar-refractivity contribution in [3.8, 4) is 0 Å². The Bertz CT molecular complexity index is 1040. The molecule has 0 atom stereocenters. The van der Waals surface area contributed by atoms with E-state index in [0.717, 1.165) is 16.4 Å². The predicted octanol–water partition coefficient (Wildman–Crippen LogP) is 3.21. The van der Waals surface area contributed by atoms with Gasteiger partial charge in [0, 0.05) is 13.1 Å². The Morgan fingerprint density at radius 1 is 1.00 bits per heavy atom. The minimum absolute atomic E-state index is 0.00332. The van der Waals surface area contributed by atoms with Crippen molar-refractivity contribution >= 4 is 19.9 Å². The van der Waals surface area contributed by atoms with Crippen LogP contribution >= 0.6 is 0 Å². The Balaban J connectivity index is 1.64. The van der Waals surface area contributed by atoms with E-state index >= 15 is 0 Å². The fourth-order valence-electron chi connectivity index (χ4n) is 3.32. The van der Waals surface area contributed by atoms with Crippen molar-refractivity contribution in [3.05, 3.63) is 59.5 Å². The molecule has 3 rings (SSSR count). The number of alkyl halides is 3. The topological polar surface area (TPSA) is 84.7 Å². The Morgan fingerprint density at radius 3 is 2.28 bits per heavy atom. The first-order valence-electron chi connectivity index (χ1n) is 8.85. The molecule has 0 amide bonds. The lowest BCUT2D eigenvalue weighted by Gasteiger charge is -2.31. The third-order valence-electron chi connectivity index (χ3n) is 4.83. The molecule has 1 fully saturated rings. The van der Waals surface area contributed by atoms with E-state index in [1.807, 2.05) is 0 Å². The number of piperidine rings is 1. The number of rotatable bonds is 6. The molecule has 0 radical (unpaired) electrons. The summed E-state index contributed by atoms with van der Waals surface area (Å²) in [5, 5.41) is -0.687. The molecule has 0 aliphatic carbocycles. The van der Waals surface area contributed by atoms with Gasteiger partial charge in [-0.25, -0.2) is 21.1 Å². The summed E-state index contributed by atoms with van der Waals surface area (Å²) in [6, 6.07) is 7.35. The fourth-order valence-corrected chi connectivity index (χ4v) is 6.60. The zero-order chi connectivity index (χ0) is 21.3. The number of sulfonamides is 1. The standard InChI is InChI=1S/C18H20F3NO5S2/c19-18(20,21)15-4-1-3-14(11-15)12-29(25,26)22-8-6-17(7-9-22)28(23,24)13-16-5-2-10-27-16/h1-5,10-11,17H,6-9,12-13H2. The maximum absolute atomic E-state index is 12.8. The molecule has 1 aromatic carbocycles. The van der Waals surface area contributed by atoms with Gasteiger partial charge in [-0.15, -0.1) is 0 Å². The first-order chi connectivity index (χ1) is 13.5. The predicted molar refractivity (Wildman–Crippen MR) is 100.0 cm³/mol. The summed E-state index contributed by atoms with van der Waals surface area (Å²) in [7, 11) is -7.36. The summed E-state index contributed by atoms with van der Waals surface area (Å²) in [6.45, 7) is 0.00664. The molecule has 0 unspecified atom stereocenters. The van der Waals surface area contributed by atoms with Gasteiger partial charge in [-0.3, -0.25) is 0 Å². The van der Waals surface area contributed by atoms with Crippen molar-refractivity contribution in [2.75, 3.05) is 13.1 Å². The molecule has 2 aromatic rings. The van der Waals surface area contributed by atoms with Crippen LogP contribution in [0.1, 0.15) is 29.7 Å². The van der Waals surface area contributed by atoms with Crippen LogP contribution in [-0.4, -0.2) is 39.5 Å². The first kappa shape index (κ1) is 21.8. The molecule has 0 N–H and O–H groups in total. The lowest BCUT2D eigenvalue weighted by atomic mass is 10.1. The second kappa shape index (κ2) is 8.11. The number of benzene rings is 1. The van der Waals surface area contributed by atoms with E-state index < -0.39 is 42.6 Å².